The van der Waals surface area contributed by atoms with Crippen molar-refractivity contribution in [3.63, 3.8) is 0 Å². The first-order chi connectivity index (χ1) is 9.78. The Kier molecular flexibility index (Phi) is 4.93. The van der Waals surface area contributed by atoms with E-state index in [2.05, 4.69) is 65.6 Å². The predicted octanol–water partition coefficient (Wildman–Crippen LogP) is 3.78. The number of anilines is 3. The summed E-state index contributed by atoms with van der Waals surface area (Å²) >= 11 is 0. The largest absolute Gasteiger partial charge is 0.370 e. The summed E-state index contributed by atoms with van der Waals surface area (Å²) in [4.78, 5) is 8.69. The van der Waals surface area contributed by atoms with Gasteiger partial charge in [-0.1, -0.05) is 26.0 Å². The maximum Gasteiger partial charge on any atom is 0.139 e. The third-order valence-electron chi connectivity index (χ3n) is 3.24. The van der Waals surface area contributed by atoms with Crippen LogP contribution in [0.3, 0.4) is 0 Å². The van der Waals surface area contributed by atoms with Gasteiger partial charge in [-0.2, -0.15) is 0 Å². The van der Waals surface area contributed by atoms with E-state index in [-0.39, 0.29) is 0 Å². The maximum absolute atomic E-state index is 4.38. The number of nitrogens with one attached hydrogen (secondary N) is 2. The van der Waals surface area contributed by atoms with Gasteiger partial charge < -0.3 is 10.6 Å². The summed E-state index contributed by atoms with van der Waals surface area (Å²) in [5.74, 6) is 1.80. The second-order valence-corrected chi connectivity index (χ2v) is 4.61. The molecule has 0 amide bonds. The summed E-state index contributed by atoms with van der Waals surface area (Å²) in [7, 11) is 0. The summed E-state index contributed by atoms with van der Waals surface area (Å²) in [6.45, 7) is 7.20. The Balaban J connectivity index is 2.30. The minimum Gasteiger partial charge on any atom is -0.370 e. The molecule has 0 aliphatic heterocycles. The molecule has 0 fully saturated rings. The molecule has 0 unspecified atom stereocenters. The Hall–Kier alpha value is -2.10. The molecule has 1 aromatic heterocycles. The molecule has 1 aromatic carbocycles. The number of hydrogen-bond donors (Lipinski definition) is 2. The van der Waals surface area contributed by atoms with Gasteiger partial charge in [0.25, 0.3) is 0 Å². The number of nitrogens with zero attached hydrogens (tertiary/aromatic N) is 2. The fourth-order valence-corrected chi connectivity index (χ4v) is 2.18. The zero-order valence-corrected chi connectivity index (χ0v) is 12.4. The highest BCUT2D eigenvalue weighted by Gasteiger charge is 2.09. The van der Waals surface area contributed by atoms with Gasteiger partial charge in [0.15, 0.2) is 0 Å². The molecule has 2 aromatic rings. The number of aryl methyl sites for hydroxylation is 1. The number of hydrogen-bond acceptors (Lipinski definition) is 4. The van der Waals surface area contributed by atoms with Crippen LogP contribution in [0.1, 0.15) is 31.9 Å². The standard InChI is InChI=1S/C16H22N4/c1-4-12-8-7-9-13(10-12)20-16-14(5-2)15(17-6-3)18-11-19-16/h7-11H,4-6H2,1-3H3,(H2,17,18,19,20). The lowest BCUT2D eigenvalue weighted by molar-refractivity contribution is 1.03. The minimum absolute atomic E-state index is 0.856. The Bertz CT molecular complexity index is 566. The van der Waals surface area contributed by atoms with Gasteiger partial charge in [-0.05, 0) is 37.5 Å². The lowest BCUT2D eigenvalue weighted by atomic mass is 10.1. The first kappa shape index (κ1) is 14.3. The summed E-state index contributed by atoms with van der Waals surface area (Å²) in [6.07, 6.45) is 3.52. The van der Waals surface area contributed by atoms with Gasteiger partial charge in [0.1, 0.15) is 18.0 Å². The molecule has 0 spiro atoms. The van der Waals surface area contributed by atoms with Gasteiger partial charge in [-0.25, -0.2) is 9.97 Å². The number of aromatic nitrogens is 2. The van der Waals surface area contributed by atoms with Crippen molar-refractivity contribution in [1.29, 1.82) is 0 Å². The minimum atomic E-state index is 0.856. The molecule has 20 heavy (non-hydrogen) atoms. The van der Waals surface area contributed by atoms with Gasteiger partial charge in [0, 0.05) is 17.8 Å². The first-order valence-electron chi connectivity index (χ1n) is 7.22. The molecule has 4 heteroatoms. The van der Waals surface area contributed by atoms with Crippen LogP contribution in [0.2, 0.25) is 0 Å². The molecule has 0 saturated carbocycles. The van der Waals surface area contributed by atoms with Crippen LogP contribution in [0.5, 0.6) is 0 Å². The van der Waals surface area contributed by atoms with E-state index in [1.54, 1.807) is 6.33 Å². The van der Waals surface area contributed by atoms with Crippen molar-refractivity contribution in [3.8, 4) is 0 Å². The number of benzene rings is 1. The molecule has 2 rings (SSSR count). The third kappa shape index (κ3) is 3.26. The molecule has 0 radical (unpaired) electrons. The van der Waals surface area contributed by atoms with Gasteiger partial charge in [0.05, 0.1) is 0 Å². The van der Waals surface area contributed by atoms with E-state index in [1.807, 2.05) is 0 Å². The van der Waals surface area contributed by atoms with Crippen LogP contribution in [0, 0.1) is 0 Å². The molecule has 4 nitrogen and oxygen atoms in total. The second-order valence-electron chi connectivity index (χ2n) is 4.61. The van der Waals surface area contributed by atoms with Crippen LogP contribution >= 0.6 is 0 Å². The van der Waals surface area contributed by atoms with Crippen molar-refractivity contribution in [1.82, 2.24) is 9.97 Å². The highest BCUT2D eigenvalue weighted by Crippen LogP contribution is 2.24. The Morgan fingerprint density at radius 2 is 1.80 bits per heavy atom. The lowest BCUT2D eigenvalue weighted by Gasteiger charge is -2.14. The SMILES string of the molecule is CCNc1ncnc(Nc2cccc(CC)c2)c1CC. The van der Waals surface area contributed by atoms with E-state index in [0.29, 0.717) is 0 Å². The monoisotopic (exact) mass is 270 g/mol. The van der Waals surface area contributed by atoms with Crippen molar-refractivity contribution < 1.29 is 0 Å². The van der Waals surface area contributed by atoms with Gasteiger partial charge in [0.2, 0.25) is 0 Å². The smallest absolute Gasteiger partial charge is 0.139 e. The van der Waals surface area contributed by atoms with Crippen LogP contribution in [-0.2, 0) is 12.8 Å². The maximum atomic E-state index is 4.38. The van der Waals surface area contributed by atoms with Gasteiger partial charge in [-0.15, -0.1) is 0 Å². The van der Waals surface area contributed by atoms with Gasteiger partial charge in [-0.3, -0.25) is 0 Å². The van der Waals surface area contributed by atoms with Crippen LogP contribution in [-0.4, -0.2) is 16.5 Å². The number of rotatable bonds is 6. The van der Waals surface area contributed by atoms with E-state index in [1.165, 1.54) is 5.56 Å². The molecule has 1 heterocycles. The fraction of sp³-hybridized carbons (Fsp3) is 0.375. The fourth-order valence-electron chi connectivity index (χ4n) is 2.18. The van der Waals surface area contributed by atoms with Crippen molar-refractivity contribution in [2.24, 2.45) is 0 Å². The molecular weight excluding hydrogens is 248 g/mol. The Morgan fingerprint density at radius 1 is 1.00 bits per heavy atom. The average Bonchev–Trinajstić information content (AvgIpc) is 2.48. The molecular formula is C16H22N4. The second kappa shape index (κ2) is 6.89. The van der Waals surface area contributed by atoms with E-state index >= 15 is 0 Å². The van der Waals surface area contributed by atoms with Crippen molar-refractivity contribution in [3.05, 3.63) is 41.7 Å². The van der Waals surface area contributed by atoms with Crippen molar-refractivity contribution in [2.75, 3.05) is 17.2 Å². The molecule has 0 atom stereocenters. The van der Waals surface area contributed by atoms with Crippen molar-refractivity contribution in [2.45, 2.75) is 33.6 Å². The quantitative estimate of drug-likeness (QED) is 0.838. The molecule has 0 saturated heterocycles. The summed E-state index contributed by atoms with van der Waals surface area (Å²) in [6, 6.07) is 8.43. The summed E-state index contributed by atoms with van der Waals surface area (Å²) < 4.78 is 0. The molecule has 0 aliphatic rings. The Morgan fingerprint density at radius 3 is 2.50 bits per heavy atom. The highest BCUT2D eigenvalue weighted by molar-refractivity contribution is 5.65. The van der Waals surface area contributed by atoms with E-state index in [0.717, 1.165) is 42.3 Å². The summed E-state index contributed by atoms with van der Waals surface area (Å²) in [5, 5.41) is 6.69. The Labute approximate surface area is 120 Å². The topological polar surface area (TPSA) is 49.8 Å². The van der Waals surface area contributed by atoms with E-state index < -0.39 is 0 Å². The van der Waals surface area contributed by atoms with Crippen LogP contribution in [0.4, 0.5) is 17.3 Å². The zero-order valence-electron chi connectivity index (χ0n) is 12.4. The zero-order chi connectivity index (χ0) is 14.4. The molecule has 106 valence electrons. The molecule has 2 N–H and O–H groups in total. The molecule has 0 aliphatic carbocycles. The highest BCUT2D eigenvalue weighted by atomic mass is 15.1. The van der Waals surface area contributed by atoms with Crippen LogP contribution in [0.25, 0.3) is 0 Å². The predicted molar refractivity (Wildman–Crippen MR) is 84.7 cm³/mol. The molecule has 0 bridgehead atoms. The normalized spacial score (nSPS) is 10.3. The lowest BCUT2D eigenvalue weighted by Crippen LogP contribution is -2.07. The first-order valence-corrected chi connectivity index (χ1v) is 7.22. The van der Waals surface area contributed by atoms with Crippen LogP contribution < -0.4 is 10.6 Å². The third-order valence-corrected chi connectivity index (χ3v) is 3.24. The van der Waals surface area contributed by atoms with Gasteiger partial charge >= 0.3 is 0 Å². The summed E-state index contributed by atoms with van der Waals surface area (Å²) in [5.41, 5.74) is 3.51. The average molecular weight is 270 g/mol. The van der Waals surface area contributed by atoms with E-state index in [4.69, 9.17) is 0 Å². The van der Waals surface area contributed by atoms with E-state index in [9.17, 15) is 0 Å². The van der Waals surface area contributed by atoms with Crippen molar-refractivity contribution >= 4 is 17.3 Å². The van der Waals surface area contributed by atoms with Crippen LogP contribution in [0.15, 0.2) is 30.6 Å².